The van der Waals surface area contributed by atoms with E-state index in [4.69, 9.17) is 4.52 Å². The molecule has 0 bridgehead atoms. The molecule has 1 aromatic heterocycles. The van der Waals surface area contributed by atoms with E-state index in [1.165, 1.54) is 12.1 Å². The van der Waals surface area contributed by atoms with E-state index in [9.17, 15) is 10.1 Å². The molecule has 1 N–H and O–H groups in total. The Morgan fingerprint density at radius 1 is 1.45 bits per heavy atom. The van der Waals surface area contributed by atoms with Crippen LogP contribution in [0.1, 0.15) is 17.0 Å². The number of benzene rings is 1. The molecule has 6 nitrogen and oxygen atoms in total. The first-order valence-corrected chi connectivity index (χ1v) is 6.88. The summed E-state index contributed by atoms with van der Waals surface area (Å²) in [5.74, 6) is 0.826. The Morgan fingerprint density at radius 2 is 2.20 bits per heavy atom. The van der Waals surface area contributed by atoms with Crippen LogP contribution in [0.15, 0.2) is 27.2 Å². The predicted octanol–water partition coefficient (Wildman–Crippen LogP) is 3.62. The Hall–Kier alpha value is -1.89. The van der Waals surface area contributed by atoms with Gasteiger partial charge in [0.1, 0.15) is 5.76 Å². The summed E-state index contributed by atoms with van der Waals surface area (Å²) in [6.45, 7) is 4.49. The Balaban J connectivity index is 2.00. The Kier molecular flexibility index (Phi) is 4.39. The van der Waals surface area contributed by atoms with Crippen LogP contribution in [0, 0.1) is 24.0 Å². The van der Waals surface area contributed by atoms with Crippen molar-refractivity contribution in [3.8, 4) is 0 Å². The van der Waals surface area contributed by atoms with Crippen molar-refractivity contribution < 1.29 is 9.45 Å². The molecule has 0 fully saturated rings. The number of nitro benzene ring substituents is 1. The van der Waals surface area contributed by atoms with E-state index < -0.39 is 4.92 Å². The van der Waals surface area contributed by atoms with Crippen LogP contribution in [0.4, 0.5) is 11.4 Å². The number of non-ortho nitro benzene ring substituents is 1. The third-order valence-corrected chi connectivity index (χ3v) is 3.69. The second kappa shape index (κ2) is 6.04. The first-order chi connectivity index (χ1) is 9.49. The lowest BCUT2D eigenvalue weighted by Crippen LogP contribution is -2.06. The van der Waals surface area contributed by atoms with Crippen LogP contribution in [0.5, 0.6) is 0 Å². The average Bonchev–Trinajstić information content (AvgIpc) is 2.71. The summed E-state index contributed by atoms with van der Waals surface area (Å²) in [6, 6.07) is 4.65. The Morgan fingerprint density at radius 3 is 2.75 bits per heavy atom. The molecule has 0 amide bonds. The standard InChI is InChI=1S/C13H14BrN3O3/c1-8-11(9(2)20-16-8)5-6-15-13-4-3-10(17(18)19)7-12(13)14/h3-4,7,15H,5-6H2,1-2H3. The molecular formula is C13H14BrN3O3. The summed E-state index contributed by atoms with van der Waals surface area (Å²) in [5, 5.41) is 17.8. The zero-order valence-electron chi connectivity index (χ0n) is 11.1. The van der Waals surface area contributed by atoms with Gasteiger partial charge in [-0.2, -0.15) is 0 Å². The topological polar surface area (TPSA) is 81.2 Å². The van der Waals surface area contributed by atoms with Crippen LogP contribution in [0.25, 0.3) is 0 Å². The number of aryl methyl sites for hydroxylation is 2. The maximum absolute atomic E-state index is 10.7. The van der Waals surface area contributed by atoms with Crippen molar-refractivity contribution in [2.75, 3.05) is 11.9 Å². The molecule has 106 valence electrons. The lowest BCUT2D eigenvalue weighted by molar-refractivity contribution is -0.384. The average molecular weight is 340 g/mol. The SMILES string of the molecule is Cc1noc(C)c1CCNc1ccc([N+](=O)[O-])cc1Br. The fourth-order valence-electron chi connectivity index (χ4n) is 1.94. The minimum atomic E-state index is -0.418. The maximum Gasteiger partial charge on any atom is 0.270 e. The van der Waals surface area contributed by atoms with Crippen LogP contribution in [-0.4, -0.2) is 16.6 Å². The van der Waals surface area contributed by atoms with Gasteiger partial charge in [-0.15, -0.1) is 0 Å². The van der Waals surface area contributed by atoms with Crippen molar-refractivity contribution in [2.24, 2.45) is 0 Å². The van der Waals surface area contributed by atoms with Crippen molar-refractivity contribution in [1.82, 2.24) is 5.16 Å². The molecule has 1 aromatic carbocycles. The molecule has 0 saturated carbocycles. The molecule has 0 aliphatic rings. The number of hydrogen-bond donors (Lipinski definition) is 1. The highest BCUT2D eigenvalue weighted by atomic mass is 79.9. The molecule has 2 aromatic rings. The third kappa shape index (κ3) is 3.16. The van der Waals surface area contributed by atoms with Gasteiger partial charge < -0.3 is 9.84 Å². The van der Waals surface area contributed by atoms with E-state index in [0.29, 0.717) is 11.0 Å². The lowest BCUT2D eigenvalue weighted by Gasteiger charge is -2.08. The maximum atomic E-state index is 10.7. The lowest BCUT2D eigenvalue weighted by atomic mass is 10.1. The molecule has 1 heterocycles. The smallest absolute Gasteiger partial charge is 0.270 e. The number of halogens is 1. The van der Waals surface area contributed by atoms with Crippen LogP contribution in [0.3, 0.4) is 0 Å². The Bertz CT molecular complexity index is 620. The third-order valence-electron chi connectivity index (χ3n) is 3.04. The van der Waals surface area contributed by atoms with E-state index >= 15 is 0 Å². The van der Waals surface area contributed by atoms with Crippen LogP contribution in [-0.2, 0) is 6.42 Å². The molecule has 7 heteroatoms. The number of hydrogen-bond acceptors (Lipinski definition) is 5. The van der Waals surface area contributed by atoms with Gasteiger partial charge in [0.05, 0.1) is 10.6 Å². The van der Waals surface area contributed by atoms with Gasteiger partial charge in [-0.05, 0) is 42.3 Å². The molecule has 2 rings (SSSR count). The number of nitro groups is 1. The molecule has 0 spiro atoms. The highest BCUT2D eigenvalue weighted by Gasteiger charge is 2.10. The molecule has 20 heavy (non-hydrogen) atoms. The zero-order valence-corrected chi connectivity index (χ0v) is 12.7. The second-order valence-corrected chi connectivity index (χ2v) is 5.26. The number of anilines is 1. The van der Waals surface area contributed by atoms with Crippen LogP contribution < -0.4 is 5.32 Å². The largest absolute Gasteiger partial charge is 0.384 e. The van der Waals surface area contributed by atoms with Crippen molar-refractivity contribution in [3.05, 3.63) is 49.8 Å². The highest BCUT2D eigenvalue weighted by molar-refractivity contribution is 9.10. The first kappa shape index (κ1) is 14.5. The van der Waals surface area contributed by atoms with E-state index in [-0.39, 0.29) is 5.69 Å². The van der Waals surface area contributed by atoms with Gasteiger partial charge in [0.2, 0.25) is 0 Å². The molecule has 0 atom stereocenters. The first-order valence-electron chi connectivity index (χ1n) is 6.08. The van der Waals surface area contributed by atoms with Gasteiger partial charge in [-0.25, -0.2) is 0 Å². The van der Waals surface area contributed by atoms with Crippen molar-refractivity contribution >= 4 is 27.3 Å². The second-order valence-electron chi connectivity index (χ2n) is 4.40. The number of rotatable bonds is 5. The molecule has 0 aliphatic carbocycles. The minimum Gasteiger partial charge on any atom is -0.384 e. The number of nitrogens with one attached hydrogen (secondary N) is 1. The number of aromatic nitrogens is 1. The van der Waals surface area contributed by atoms with E-state index in [1.807, 2.05) is 13.8 Å². The summed E-state index contributed by atoms with van der Waals surface area (Å²) >= 11 is 3.33. The van der Waals surface area contributed by atoms with E-state index in [0.717, 1.165) is 29.1 Å². The molecular weight excluding hydrogens is 326 g/mol. The van der Waals surface area contributed by atoms with Crippen molar-refractivity contribution in [3.63, 3.8) is 0 Å². The molecule has 0 aliphatic heterocycles. The fourth-order valence-corrected chi connectivity index (χ4v) is 2.45. The van der Waals surface area contributed by atoms with Gasteiger partial charge in [0.25, 0.3) is 5.69 Å². The van der Waals surface area contributed by atoms with Gasteiger partial charge in [0, 0.05) is 34.4 Å². The van der Waals surface area contributed by atoms with Gasteiger partial charge in [-0.3, -0.25) is 10.1 Å². The summed E-state index contributed by atoms with van der Waals surface area (Å²) in [6.07, 6.45) is 0.782. The summed E-state index contributed by atoms with van der Waals surface area (Å²) in [4.78, 5) is 10.2. The molecule has 0 unspecified atom stereocenters. The van der Waals surface area contributed by atoms with Gasteiger partial charge >= 0.3 is 0 Å². The molecule has 0 radical (unpaired) electrons. The molecule has 0 saturated heterocycles. The fraction of sp³-hybridized carbons (Fsp3) is 0.308. The summed E-state index contributed by atoms with van der Waals surface area (Å²) in [5.41, 5.74) is 2.87. The highest BCUT2D eigenvalue weighted by Crippen LogP contribution is 2.27. The van der Waals surface area contributed by atoms with E-state index in [2.05, 4.69) is 26.4 Å². The van der Waals surface area contributed by atoms with Crippen LogP contribution in [0.2, 0.25) is 0 Å². The van der Waals surface area contributed by atoms with Crippen molar-refractivity contribution in [2.45, 2.75) is 20.3 Å². The monoisotopic (exact) mass is 339 g/mol. The minimum absolute atomic E-state index is 0.0631. The normalized spacial score (nSPS) is 10.6. The van der Waals surface area contributed by atoms with E-state index in [1.54, 1.807) is 6.07 Å². The van der Waals surface area contributed by atoms with Gasteiger partial charge in [-0.1, -0.05) is 5.16 Å². The Labute approximate surface area is 124 Å². The van der Waals surface area contributed by atoms with Crippen LogP contribution >= 0.6 is 15.9 Å². The quantitative estimate of drug-likeness (QED) is 0.664. The summed E-state index contributed by atoms with van der Waals surface area (Å²) < 4.78 is 5.77. The van der Waals surface area contributed by atoms with Crippen molar-refractivity contribution in [1.29, 1.82) is 0 Å². The number of nitrogens with zero attached hydrogens (tertiary/aromatic N) is 2. The predicted molar refractivity (Wildman–Crippen MR) is 79.0 cm³/mol. The summed E-state index contributed by atoms with van der Waals surface area (Å²) in [7, 11) is 0. The van der Waals surface area contributed by atoms with Gasteiger partial charge in [0.15, 0.2) is 0 Å². The zero-order chi connectivity index (χ0) is 14.7.